The quantitative estimate of drug-likeness (QED) is 0.825. The molecule has 0 atom stereocenters. The number of hydrogen-bond donors (Lipinski definition) is 1. The molecule has 0 aliphatic heterocycles. The van der Waals surface area contributed by atoms with Crippen molar-refractivity contribution in [2.45, 2.75) is 19.3 Å². The first kappa shape index (κ1) is 11.6. The molecule has 0 aromatic heterocycles. The summed E-state index contributed by atoms with van der Waals surface area (Å²) in [5, 5.41) is 9.18. The van der Waals surface area contributed by atoms with Crippen molar-refractivity contribution in [1.82, 2.24) is 0 Å². The number of aliphatic carboxylic acids is 1. The van der Waals surface area contributed by atoms with Gasteiger partial charge in [0.1, 0.15) is 0 Å². The van der Waals surface area contributed by atoms with Gasteiger partial charge in [0.25, 0.3) is 0 Å². The van der Waals surface area contributed by atoms with Gasteiger partial charge in [0.05, 0.1) is 5.41 Å². The van der Waals surface area contributed by atoms with Crippen molar-refractivity contribution in [3.05, 3.63) is 29.8 Å². The first-order valence-electron chi connectivity index (χ1n) is 4.87. The Hall–Kier alpha value is -1.51. The fourth-order valence-electron chi connectivity index (χ4n) is 1.51. The number of benzene rings is 1. The van der Waals surface area contributed by atoms with Crippen molar-refractivity contribution >= 4 is 11.7 Å². The highest BCUT2D eigenvalue weighted by atomic mass is 16.4. The van der Waals surface area contributed by atoms with Gasteiger partial charge in [-0.05, 0) is 25.5 Å². The number of carbonyl (C=O) groups is 1. The maximum absolute atomic E-state index is 11.2. The van der Waals surface area contributed by atoms with Crippen molar-refractivity contribution in [2.75, 3.05) is 19.0 Å². The minimum absolute atomic E-state index is 0.809. The number of carboxylic acid groups (broad SMARTS) is 1. The average molecular weight is 207 g/mol. The van der Waals surface area contributed by atoms with Gasteiger partial charge in [-0.3, -0.25) is 4.79 Å². The highest BCUT2D eigenvalue weighted by molar-refractivity contribution is 5.83. The van der Waals surface area contributed by atoms with Crippen LogP contribution in [-0.4, -0.2) is 25.2 Å². The van der Waals surface area contributed by atoms with Crippen LogP contribution < -0.4 is 4.90 Å². The average Bonchev–Trinajstić information content (AvgIpc) is 2.17. The molecule has 0 amide bonds. The van der Waals surface area contributed by atoms with E-state index in [0.29, 0.717) is 0 Å². The van der Waals surface area contributed by atoms with Gasteiger partial charge in [-0.1, -0.05) is 18.2 Å². The Labute approximate surface area is 90.3 Å². The second kappa shape index (κ2) is 3.93. The summed E-state index contributed by atoms with van der Waals surface area (Å²) in [7, 11) is 3.83. The highest BCUT2D eigenvalue weighted by Gasteiger charge is 2.31. The summed E-state index contributed by atoms with van der Waals surface area (Å²) in [6, 6.07) is 7.58. The zero-order chi connectivity index (χ0) is 11.6. The summed E-state index contributed by atoms with van der Waals surface area (Å²) in [6.07, 6.45) is 0. The Kier molecular flexibility index (Phi) is 3.03. The van der Waals surface area contributed by atoms with Crippen LogP contribution in [0.15, 0.2) is 24.3 Å². The maximum Gasteiger partial charge on any atom is 0.313 e. The molecule has 1 N–H and O–H groups in total. The third kappa shape index (κ3) is 2.12. The van der Waals surface area contributed by atoms with Gasteiger partial charge in [0.2, 0.25) is 0 Å². The lowest BCUT2D eigenvalue weighted by molar-refractivity contribution is -0.142. The van der Waals surface area contributed by atoms with Crippen LogP contribution >= 0.6 is 0 Å². The molecule has 82 valence electrons. The van der Waals surface area contributed by atoms with E-state index in [1.165, 1.54) is 0 Å². The van der Waals surface area contributed by atoms with Crippen LogP contribution in [0.25, 0.3) is 0 Å². The number of anilines is 1. The van der Waals surface area contributed by atoms with Crippen LogP contribution in [0.3, 0.4) is 0 Å². The zero-order valence-corrected chi connectivity index (χ0v) is 9.61. The van der Waals surface area contributed by atoms with E-state index in [0.717, 1.165) is 11.3 Å². The van der Waals surface area contributed by atoms with Gasteiger partial charge in [-0.2, -0.15) is 0 Å². The second-order valence-electron chi connectivity index (χ2n) is 4.34. The Balaban J connectivity index is 3.30. The first-order valence-corrected chi connectivity index (χ1v) is 4.87. The predicted molar refractivity (Wildman–Crippen MR) is 61.4 cm³/mol. The maximum atomic E-state index is 11.2. The van der Waals surface area contributed by atoms with E-state index < -0.39 is 11.4 Å². The molecule has 0 saturated carbocycles. The summed E-state index contributed by atoms with van der Waals surface area (Å²) in [6.45, 7) is 3.44. The third-order valence-corrected chi connectivity index (χ3v) is 2.59. The topological polar surface area (TPSA) is 40.5 Å². The molecule has 1 aromatic rings. The van der Waals surface area contributed by atoms with Crippen LogP contribution in [-0.2, 0) is 10.2 Å². The van der Waals surface area contributed by atoms with Crippen molar-refractivity contribution in [3.63, 3.8) is 0 Å². The molecule has 0 fully saturated rings. The van der Waals surface area contributed by atoms with Crippen molar-refractivity contribution in [1.29, 1.82) is 0 Å². The number of nitrogens with zero attached hydrogens (tertiary/aromatic N) is 1. The number of rotatable bonds is 3. The molecular weight excluding hydrogens is 190 g/mol. The van der Waals surface area contributed by atoms with Crippen LogP contribution in [0.5, 0.6) is 0 Å². The van der Waals surface area contributed by atoms with Gasteiger partial charge in [0.15, 0.2) is 0 Å². The van der Waals surface area contributed by atoms with Gasteiger partial charge >= 0.3 is 5.97 Å². The first-order chi connectivity index (χ1) is 6.87. The number of para-hydroxylation sites is 1. The van der Waals surface area contributed by atoms with E-state index in [-0.39, 0.29) is 0 Å². The summed E-state index contributed by atoms with van der Waals surface area (Å²) in [5.74, 6) is -0.809. The smallest absolute Gasteiger partial charge is 0.313 e. The van der Waals surface area contributed by atoms with E-state index in [9.17, 15) is 9.90 Å². The van der Waals surface area contributed by atoms with Crippen LogP contribution in [0.4, 0.5) is 5.69 Å². The minimum Gasteiger partial charge on any atom is -0.481 e. The molecule has 3 heteroatoms. The minimum atomic E-state index is -0.860. The zero-order valence-electron chi connectivity index (χ0n) is 9.61. The van der Waals surface area contributed by atoms with Crippen molar-refractivity contribution in [3.8, 4) is 0 Å². The summed E-state index contributed by atoms with van der Waals surface area (Å²) in [5.41, 5.74) is 0.924. The van der Waals surface area contributed by atoms with Gasteiger partial charge in [0, 0.05) is 19.8 Å². The molecule has 1 aromatic carbocycles. The van der Waals surface area contributed by atoms with Gasteiger partial charge in [-0.25, -0.2) is 0 Å². The Morgan fingerprint density at radius 2 is 1.80 bits per heavy atom. The van der Waals surface area contributed by atoms with Crippen LogP contribution in [0, 0.1) is 0 Å². The lowest BCUT2D eigenvalue weighted by atomic mass is 9.83. The molecule has 0 saturated heterocycles. The Morgan fingerprint density at radius 1 is 1.27 bits per heavy atom. The third-order valence-electron chi connectivity index (χ3n) is 2.59. The van der Waals surface area contributed by atoms with E-state index >= 15 is 0 Å². The van der Waals surface area contributed by atoms with E-state index in [2.05, 4.69) is 0 Å². The van der Waals surface area contributed by atoms with Crippen molar-refractivity contribution in [2.24, 2.45) is 0 Å². The lowest BCUT2D eigenvalue weighted by Gasteiger charge is -2.26. The molecule has 0 heterocycles. The van der Waals surface area contributed by atoms with Gasteiger partial charge < -0.3 is 10.0 Å². The normalized spacial score (nSPS) is 11.2. The molecule has 1 rings (SSSR count). The SMILES string of the molecule is CN(C)c1ccccc1C(C)(C)C(=O)O. The van der Waals surface area contributed by atoms with E-state index in [1.54, 1.807) is 13.8 Å². The molecule has 0 spiro atoms. The van der Waals surface area contributed by atoms with Crippen molar-refractivity contribution < 1.29 is 9.90 Å². The highest BCUT2D eigenvalue weighted by Crippen LogP contribution is 2.31. The monoisotopic (exact) mass is 207 g/mol. The second-order valence-corrected chi connectivity index (χ2v) is 4.34. The standard InChI is InChI=1S/C12H17NO2/c1-12(2,11(14)15)9-7-5-6-8-10(9)13(3)4/h5-8H,1-4H3,(H,14,15). The predicted octanol–water partition coefficient (Wildman–Crippen LogP) is 2.11. The van der Waals surface area contributed by atoms with Crippen LogP contribution in [0.1, 0.15) is 19.4 Å². The van der Waals surface area contributed by atoms with Gasteiger partial charge in [-0.15, -0.1) is 0 Å². The molecule has 0 radical (unpaired) electrons. The molecule has 0 unspecified atom stereocenters. The molecule has 0 aliphatic carbocycles. The van der Waals surface area contributed by atoms with E-state index in [4.69, 9.17) is 0 Å². The number of hydrogen-bond acceptors (Lipinski definition) is 2. The summed E-state index contributed by atoms with van der Waals surface area (Å²) in [4.78, 5) is 13.1. The summed E-state index contributed by atoms with van der Waals surface area (Å²) < 4.78 is 0. The fourth-order valence-corrected chi connectivity index (χ4v) is 1.51. The fraction of sp³-hybridized carbons (Fsp3) is 0.417. The molecular formula is C12H17NO2. The lowest BCUT2D eigenvalue weighted by Crippen LogP contribution is -2.30. The van der Waals surface area contributed by atoms with E-state index in [1.807, 2.05) is 43.3 Å². The molecule has 0 aliphatic rings. The Morgan fingerprint density at radius 3 is 2.27 bits per heavy atom. The molecule has 3 nitrogen and oxygen atoms in total. The molecule has 15 heavy (non-hydrogen) atoms. The largest absolute Gasteiger partial charge is 0.481 e. The Bertz CT molecular complexity index is 370. The molecule has 0 bridgehead atoms. The van der Waals surface area contributed by atoms with Crippen LogP contribution in [0.2, 0.25) is 0 Å². The number of carboxylic acids is 1. The summed E-state index contributed by atoms with van der Waals surface area (Å²) >= 11 is 0.